The molecular formula is C20H28N4O2. The zero-order valence-electron chi connectivity index (χ0n) is 15.5. The number of para-hydroxylation sites is 2. The highest BCUT2D eigenvalue weighted by Gasteiger charge is 2.29. The zero-order chi connectivity index (χ0) is 17.9. The summed E-state index contributed by atoms with van der Waals surface area (Å²) in [6.07, 6.45) is 3.86. The number of nitrogens with zero attached hydrogens (tertiary/aromatic N) is 3. The van der Waals surface area contributed by atoms with Gasteiger partial charge in [-0.2, -0.15) is 4.98 Å². The summed E-state index contributed by atoms with van der Waals surface area (Å²) >= 11 is 0. The third kappa shape index (κ3) is 3.70. The minimum absolute atomic E-state index is 0.111. The van der Waals surface area contributed by atoms with Crippen molar-refractivity contribution in [2.75, 3.05) is 37.6 Å². The van der Waals surface area contributed by atoms with Crippen LogP contribution in [0.25, 0.3) is 11.1 Å². The number of fused-ring (bicyclic) bond motifs is 1. The summed E-state index contributed by atoms with van der Waals surface area (Å²) in [7, 11) is 0. The van der Waals surface area contributed by atoms with Crippen molar-refractivity contribution in [3.63, 3.8) is 0 Å². The van der Waals surface area contributed by atoms with Gasteiger partial charge in [-0.25, -0.2) is 0 Å². The van der Waals surface area contributed by atoms with E-state index in [9.17, 15) is 4.79 Å². The Kier molecular flexibility index (Phi) is 5.11. The minimum Gasteiger partial charge on any atom is -0.423 e. The number of carbonyl (C=O) groups is 1. The Bertz CT molecular complexity index is 710. The van der Waals surface area contributed by atoms with Crippen molar-refractivity contribution in [2.45, 2.75) is 38.6 Å². The number of hydrogen-bond donors (Lipinski definition) is 1. The molecule has 4 rings (SSSR count). The lowest BCUT2D eigenvalue weighted by Gasteiger charge is -2.34. The molecule has 0 aliphatic carbocycles. The SMILES string of the molecule is CCN1CCC(NC(=O)C2CCN(c3nc4ccccc4o3)CC2)CC1. The highest BCUT2D eigenvalue weighted by atomic mass is 16.4. The van der Waals surface area contributed by atoms with Gasteiger partial charge >= 0.3 is 0 Å². The molecule has 0 atom stereocenters. The van der Waals surface area contributed by atoms with Crippen LogP contribution < -0.4 is 10.2 Å². The van der Waals surface area contributed by atoms with E-state index in [0.29, 0.717) is 12.1 Å². The number of amides is 1. The Morgan fingerprint density at radius 3 is 2.58 bits per heavy atom. The maximum Gasteiger partial charge on any atom is 0.298 e. The fraction of sp³-hybridized carbons (Fsp3) is 0.600. The van der Waals surface area contributed by atoms with Crippen LogP contribution in [0, 0.1) is 5.92 Å². The summed E-state index contributed by atoms with van der Waals surface area (Å²) in [5.41, 5.74) is 1.71. The molecule has 1 aromatic heterocycles. The van der Waals surface area contributed by atoms with Gasteiger partial charge in [0, 0.05) is 38.1 Å². The number of oxazole rings is 1. The lowest BCUT2D eigenvalue weighted by molar-refractivity contribution is -0.126. The summed E-state index contributed by atoms with van der Waals surface area (Å²) in [5.74, 6) is 0.344. The Labute approximate surface area is 154 Å². The maximum absolute atomic E-state index is 12.6. The molecule has 2 aliphatic heterocycles. The lowest BCUT2D eigenvalue weighted by atomic mass is 9.95. The van der Waals surface area contributed by atoms with Crippen LogP contribution in [0.4, 0.5) is 6.01 Å². The molecule has 1 aromatic carbocycles. The third-order valence-electron chi connectivity index (χ3n) is 5.80. The van der Waals surface area contributed by atoms with Crippen LogP contribution in [0.5, 0.6) is 0 Å². The van der Waals surface area contributed by atoms with Gasteiger partial charge < -0.3 is 19.5 Å². The monoisotopic (exact) mass is 356 g/mol. The van der Waals surface area contributed by atoms with E-state index in [1.54, 1.807) is 0 Å². The number of aromatic nitrogens is 1. The van der Waals surface area contributed by atoms with Crippen molar-refractivity contribution in [3.05, 3.63) is 24.3 Å². The van der Waals surface area contributed by atoms with Gasteiger partial charge in [0.2, 0.25) is 5.91 Å². The maximum atomic E-state index is 12.6. The smallest absolute Gasteiger partial charge is 0.298 e. The molecule has 2 aromatic rings. The highest BCUT2D eigenvalue weighted by Crippen LogP contribution is 2.26. The van der Waals surface area contributed by atoms with E-state index >= 15 is 0 Å². The van der Waals surface area contributed by atoms with Crippen molar-refractivity contribution >= 4 is 23.0 Å². The molecule has 2 saturated heterocycles. The van der Waals surface area contributed by atoms with E-state index in [2.05, 4.69) is 27.0 Å². The van der Waals surface area contributed by atoms with Gasteiger partial charge in [0.15, 0.2) is 5.58 Å². The minimum atomic E-state index is 0.111. The van der Waals surface area contributed by atoms with Gasteiger partial charge in [-0.3, -0.25) is 4.79 Å². The van der Waals surface area contributed by atoms with E-state index in [1.807, 2.05) is 24.3 Å². The molecule has 3 heterocycles. The van der Waals surface area contributed by atoms with Crippen LogP contribution in [-0.2, 0) is 4.79 Å². The number of nitrogens with one attached hydrogen (secondary N) is 1. The molecule has 0 spiro atoms. The highest BCUT2D eigenvalue weighted by molar-refractivity contribution is 5.79. The summed E-state index contributed by atoms with van der Waals surface area (Å²) in [6, 6.07) is 8.86. The normalized spacial score (nSPS) is 20.6. The van der Waals surface area contributed by atoms with E-state index in [1.165, 1.54) is 0 Å². The topological polar surface area (TPSA) is 61.6 Å². The Balaban J connectivity index is 1.28. The van der Waals surface area contributed by atoms with Crippen LogP contribution in [0.2, 0.25) is 0 Å². The number of benzene rings is 1. The molecule has 26 heavy (non-hydrogen) atoms. The number of anilines is 1. The molecule has 2 fully saturated rings. The van der Waals surface area contributed by atoms with Crippen molar-refractivity contribution in [1.82, 2.24) is 15.2 Å². The molecule has 0 saturated carbocycles. The first-order valence-corrected chi connectivity index (χ1v) is 9.86. The summed E-state index contributed by atoms with van der Waals surface area (Å²) in [5, 5.41) is 3.29. The van der Waals surface area contributed by atoms with Gasteiger partial charge in [0.25, 0.3) is 6.01 Å². The second kappa shape index (κ2) is 7.66. The van der Waals surface area contributed by atoms with Crippen LogP contribution in [0.1, 0.15) is 32.6 Å². The molecule has 140 valence electrons. The first kappa shape index (κ1) is 17.3. The molecule has 1 N–H and O–H groups in total. The van der Waals surface area contributed by atoms with Gasteiger partial charge in [0.05, 0.1) is 0 Å². The Morgan fingerprint density at radius 1 is 1.15 bits per heavy atom. The lowest BCUT2D eigenvalue weighted by Crippen LogP contribution is -2.48. The number of piperidine rings is 2. The standard InChI is InChI=1S/C20H28N4O2/c1-2-23-11-9-16(10-12-23)21-19(25)15-7-13-24(14-8-15)20-22-17-5-3-4-6-18(17)26-20/h3-6,15-16H,2,7-14H2,1H3,(H,21,25). The van der Waals surface area contributed by atoms with Crippen LogP contribution in [-0.4, -0.2) is 54.6 Å². The molecule has 6 nitrogen and oxygen atoms in total. The zero-order valence-corrected chi connectivity index (χ0v) is 15.5. The first-order valence-electron chi connectivity index (χ1n) is 9.86. The van der Waals surface area contributed by atoms with E-state index in [-0.39, 0.29) is 11.8 Å². The molecule has 0 bridgehead atoms. The van der Waals surface area contributed by atoms with Crippen LogP contribution >= 0.6 is 0 Å². The summed E-state index contributed by atoms with van der Waals surface area (Å²) in [6.45, 7) is 7.13. The number of rotatable bonds is 4. The second-order valence-electron chi connectivity index (χ2n) is 7.44. The largest absolute Gasteiger partial charge is 0.423 e. The summed E-state index contributed by atoms with van der Waals surface area (Å²) in [4.78, 5) is 21.8. The molecular weight excluding hydrogens is 328 g/mol. The Morgan fingerprint density at radius 2 is 1.88 bits per heavy atom. The van der Waals surface area contributed by atoms with Gasteiger partial charge in [-0.15, -0.1) is 0 Å². The van der Waals surface area contributed by atoms with Crippen molar-refractivity contribution in [2.24, 2.45) is 5.92 Å². The number of hydrogen-bond acceptors (Lipinski definition) is 5. The third-order valence-corrected chi connectivity index (χ3v) is 5.80. The predicted molar refractivity (Wildman–Crippen MR) is 102 cm³/mol. The fourth-order valence-corrected chi connectivity index (χ4v) is 4.04. The summed E-state index contributed by atoms with van der Waals surface area (Å²) < 4.78 is 5.86. The van der Waals surface area contributed by atoms with Crippen molar-refractivity contribution in [3.8, 4) is 0 Å². The van der Waals surface area contributed by atoms with E-state index in [4.69, 9.17) is 4.42 Å². The molecule has 0 unspecified atom stereocenters. The number of likely N-dealkylation sites (tertiary alicyclic amines) is 1. The van der Waals surface area contributed by atoms with Crippen LogP contribution in [0.3, 0.4) is 0 Å². The molecule has 6 heteroatoms. The molecule has 0 radical (unpaired) electrons. The second-order valence-corrected chi connectivity index (χ2v) is 7.44. The fourth-order valence-electron chi connectivity index (χ4n) is 4.04. The van der Waals surface area contributed by atoms with E-state index in [0.717, 1.165) is 69.5 Å². The number of carbonyl (C=O) groups excluding carboxylic acids is 1. The van der Waals surface area contributed by atoms with Crippen molar-refractivity contribution < 1.29 is 9.21 Å². The average Bonchev–Trinajstić information content (AvgIpc) is 3.13. The van der Waals surface area contributed by atoms with Gasteiger partial charge in [-0.05, 0) is 44.4 Å². The van der Waals surface area contributed by atoms with Gasteiger partial charge in [0.1, 0.15) is 5.52 Å². The van der Waals surface area contributed by atoms with Crippen LogP contribution in [0.15, 0.2) is 28.7 Å². The first-order chi connectivity index (χ1) is 12.7. The van der Waals surface area contributed by atoms with E-state index < -0.39 is 0 Å². The molecule has 2 aliphatic rings. The quantitative estimate of drug-likeness (QED) is 0.912. The predicted octanol–water partition coefficient (Wildman–Crippen LogP) is 2.64. The molecule has 1 amide bonds. The van der Waals surface area contributed by atoms with Gasteiger partial charge in [-0.1, -0.05) is 19.1 Å². The van der Waals surface area contributed by atoms with Crippen molar-refractivity contribution in [1.29, 1.82) is 0 Å². The average molecular weight is 356 g/mol. The Hall–Kier alpha value is -2.08.